The molecule has 1 amide bonds. The Labute approximate surface area is 147 Å². The first-order chi connectivity index (χ1) is 11.7. The molecule has 3 aromatic rings. The number of hydrogen-bond acceptors (Lipinski definition) is 5. The van der Waals surface area contributed by atoms with Crippen LogP contribution in [-0.2, 0) is 17.9 Å². The lowest BCUT2D eigenvalue weighted by Crippen LogP contribution is -2.26. The van der Waals surface area contributed by atoms with Crippen LogP contribution < -0.4 is 10.9 Å². The average molecular weight is 359 g/mol. The lowest BCUT2D eigenvalue weighted by atomic mass is 10.2. The number of thioether (sulfide) groups is 1. The molecule has 1 aromatic carbocycles. The van der Waals surface area contributed by atoms with Crippen molar-refractivity contribution < 1.29 is 4.79 Å². The number of hydrogen-bond donors (Lipinski definition) is 1. The summed E-state index contributed by atoms with van der Waals surface area (Å²) >= 11 is 2.90. The molecule has 0 aliphatic heterocycles. The fourth-order valence-electron chi connectivity index (χ4n) is 2.32. The van der Waals surface area contributed by atoms with E-state index in [1.54, 1.807) is 22.0 Å². The van der Waals surface area contributed by atoms with Crippen LogP contribution in [-0.4, -0.2) is 21.2 Å². The van der Waals surface area contributed by atoms with Gasteiger partial charge in [-0.25, -0.2) is 4.98 Å². The third-order valence-electron chi connectivity index (χ3n) is 3.52. The zero-order valence-corrected chi connectivity index (χ0v) is 14.8. The second-order valence-electron chi connectivity index (χ2n) is 5.11. The number of para-hydroxylation sites is 1. The normalized spacial score (nSPS) is 10.9. The molecule has 124 valence electrons. The largest absolute Gasteiger partial charge is 0.350 e. The van der Waals surface area contributed by atoms with Crippen molar-refractivity contribution in [3.05, 3.63) is 57.0 Å². The highest BCUT2D eigenvalue weighted by molar-refractivity contribution is 7.99. The fraction of sp³-hybridized carbons (Fsp3) is 0.235. The molecule has 0 radical (unpaired) electrons. The van der Waals surface area contributed by atoms with Crippen molar-refractivity contribution >= 4 is 39.9 Å². The topological polar surface area (TPSA) is 64.0 Å². The molecule has 24 heavy (non-hydrogen) atoms. The highest BCUT2D eigenvalue weighted by Crippen LogP contribution is 2.17. The molecule has 0 fully saturated rings. The van der Waals surface area contributed by atoms with Gasteiger partial charge in [0.15, 0.2) is 5.16 Å². The first-order valence-corrected chi connectivity index (χ1v) is 9.47. The molecule has 1 N–H and O–H groups in total. The number of nitrogens with zero attached hydrogens (tertiary/aromatic N) is 2. The van der Waals surface area contributed by atoms with E-state index in [0.29, 0.717) is 29.1 Å². The zero-order valence-electron chi connectivity index (χ0n) is 13.2. The Morgan fingerprint density at radius 2 is 2.12 bits per heavy atom. The van der Waals surface area contributed by atoms with E-state index < -0.39 is 0 Å². The smallest absolute Gasteiger partial charge is 0.262 e. The van der Waals surface area contributed by atoms with Crippen molar-refractivity contribution in [1.29, 1.82) is 0 Å². The predicted octanol–water partition coefficient (Wildman–Crippen LogP) is 2.89. The van der Waals surface area contributed by atoms with Gasteiger partial charge in [0, 0.05) is 11.4 Å². The quantitative estimate of drug-likeness (QED) is 0.543. The van der Waals surface area contributed by atoms with Gasteiger partial charge in [-0.15, -0.1) is 11.3 Å². The van der Waals surface area contributed by atoms with Crippen molar-refractivity contribution in [2.75, 3.05) is 5.75 Å². The first-order valence-electron chi connectivity index (χ1n) is 7.60. The SMILES string of the molecule is CCn1c(SCC(=O)NCc2cccs2)nc2ccccc2c1=O. The molecule has 0 bridgehead atoms. The molecule has 0 aliphatic rings. The highest BCUT2D eigenvalue weighted by atomic mass is 32.2. The van der Waals surface area contributed by atoms with Gasteiger partial charge < -0.3 is 5.32 Å². The zero-order chi connectivity index (χ0) is 16.9. The van der Waals surface area contributed by atoms with Gasteiger partial charge in [-0.3, -0.25) is 14.2 Å². The van der Waals surface area contributed by atoms with Gasteiger partial charge in [0.2, 0.25) is 5.91 Å². The van der Waals surface area contributed by atoms with Crippen molar-refractivity contribution in [3.63, 3.8) is 0 Å². The Morgan fingerprint density at radius 1 is 1.29 bits per heavy atom. The van der Waals surface area contributed by atoms with E-state index >= 15 is 0 Å². The van der Waals surface area contributed by atoms with Gasteiger partial charge in [-0.2, -0.15) is 0 Å². The lowest BCUT2D eigenvalue weighted by Gasteiger charge is -2.11. The Hall–Kier alpha value is -2.12. The van der Waals surface area contributed by atoms with Crippen molar-refractivity contribution in [2.45, 2.75) is 25.2 Å². The summed E-state index contributed by atoms with van der Waals surface area (Å²) in [6, 6.07) is 11.2. The first kappa shape index (κ1) is 16.7. The Morgan fingerprint density at radius 3 is 2.88 bits per heavy atom. The molecule has 2 aromatic heterocycles. The van der Waals surface area contributed by atoms with Crippen molar-refractivity contribution in [3.8, 4) is 0 Å². The summed E-state index contributed by atoms with van der Waals surface area (Å²) in [5.41, 5.74) is 0.596. The molecule has 0 saturated heterocycles. The highest BCUT2D eigenvalue weighted by Gasteiger charge is 2.12. The standard InChI is InChI=1S/C17H17N3O2S2/c1-2-20-16(22)13-7-3-4-8-14(13)19-17(20)24-11-15(21)18-10-12-6-5-9-23-12/h3-9H,2,10-11H2,1H3,(H,18,21). The van der Waals surface area contributed by atoms with Crippen LogP contribution in [0.4, 0.5) is 0 Å². The van der Waals surface area contributed by atoms with Crippen molar-refractivity contribution in [1.82, 2.24) is 14.9 Å². The summed E-state index contributed by atoms with van der Waals surface area (Å²) in [5, 5.41) is 6.04. The maximum atomic E-state index is 12.5. The van der Waals surface area contributed by atoms with E-state index in [1.807, 2.05) is 42.6 Å². The van der Waals surface area contributed by atoms with Crippen LogP contribution in [0.1, 0.15) is 11.8 Å². The molecule has 0 saturated carbocycles. The van der Waals surface area contributed by atoms with Gasteiger partial charge >= 0.3 is 0 Å². The van der Waals surface area contributed by atoms with Gasteiger partial charge in [0.05, 0.1) is 23.2 Å². The number of fused-ring (bicyclic) bond motifs is 1. The van der Waals surface area contributed by atoms with Gasteiger partial charge in [-0.05, 0) is 30.5 Å². The van der Waals surface area contributed by atoms with Crippen LogP contribution in [0.25, 0.3) is 10.9 Å². The molecule has 7 heteroatoms. The number of carbonyl (C=O) groups is 1. The number of nitrogens with one attached hydrogen (secondary N) is 1. The Bertz CT molecular complexity index is 904. The third-order valence-corrected chi connectivity index (χ3v) is 5.37. The van der Waals surface area contributed by atoms with E-state index in [4.69, 9.17) is 0 Å². The number of amides is 1. The maximum absolute atomic E-state index is 12.5. The number of carbonyl (C=O) groups excluding carboxylic acids is 1. The second kappa shape index (κ2) is 7.63. The summed E-state index contributed by atoms with van der Waals surface area (Å²) in [7, 11) is 0. The van der Waals surface area contributed by atoms with E-state index in [0.717, 1.165) is 4.88 Å². The van der Waals surface area contributed by atoms with Crippen molar-refractivity contribution in [2.24, 2.45) is 0 Å². The third kappa shape index (κ3) is 3.68. The number of thiophene rings is 1. The molecule has 5 nitrogen and oxygen atoms in total. The number of aromatic nitrogens is 2. The minimum atomic E-state index is -0.0709. The fourth-order valence-corrected chi connectivity index (χ4v) is 3.85. The van der Waals surface area contributed by atoms with E-state index in [1.165, 1.54) is 11.8 Å². The van der Waals surface area contributed by atoms with E-state index in [9.17, 15) is 9.59 Å². The van der Waals surface area contributed by atoms with Crippen LogP contribution >= 0.6 is 23.1 Å². The van der Waals surface area contributed by atoms with E-state index in [2.05, 4.69) is 10.3 Å². The maximum Gasteiger partial charge on any atom is 0.262 e. The molecule has 0 aliphatic carbocycles. The van der Waals surface area contributed by atoms with Crippen LogP contribution in [0.5, 0.6) is 0 Å². The van der Waals surface area contributed by atoms with Crippen LogP contribution in [0.2, 0.25) is 0 Å². The molecule has 3 rings (SSSR count). The minimum Gasteiger partial charge on any atom is -0.350 e. The number of rotatable bonds is 6. The average Bonchev–Trinajstić information content (AvgIpc) is 3.12. The molecular weight excluding hydrogens is 342 g/mol. The lowest BCUT2D eigenvalue weighted by molar-refractivity contribution is -0.118. The Kier molecular flexibility index (Phi) is 5.32. The molecule has 0 atom stereocenters. The predicted molar refractivity (Wildman–Crippen MR) is 98.6 cm³/mol. The summed E-state index contributed by atoms with van der Waals surface area (Å²) < 4.78 is 1.61. The summed E-state index contributed by atoms with van der Waals surface area (Å²) in [4.78, 5) is 30.2. The summed E-state index contributed by atoms with van der Waals surface area (Å²) in [6.07, 6.45) is 0. The van der Waals surface area contributed by atoms with Crippen LogP contribution in [0.3, 0.4) is 0 Å². The molecule has 0 unspecified atom stereocenters. The van der Waals surface area contributed by atoms with Gasteiger partial charge in [0.1, 0.15) is 0 Å². The molecule has 2 heterocycles. The number of benzene rings is 1. The second-order valence-corrected chi connectivity index (χ2v) is 7.08. The monoisotopic (exact) mass is 359 g/mol. The molecular formula is C17H17N3O2S2. The van der Waals surface area contributed by atoms with E-state index in [-0.39, 0.29) is 17.2 Å². The Balaban J connectivity index is 1.72. The van der Waals surface area contributed by atoms with Gasteiger partial charge in [0.25, 0.3) is 5.56 Å². The van der Waals surface area contributed by atoms with Gasteiger partial charge in [-0.1, -0.05) is 30.0 Å². The molecule has 0 spiro atoms. The van der Waals surface area contributed by atoms with Crippen LogP contribution in [0.15, 0.2) is 51.7 Å². The van der Waals surface area contributed by atoms with Crippen LogP contribution in [0, 0.1) is 0 Å². The minimum absolute atomic E-state index is 0.0652. The summed E-state index contributed by atoms with van der Waals surface area (Å²) in [6.45, 7) is 2.96. The summed E-state index contributed by atoms with van der Waals surface area (Å²) in [5.74, 6) is 0.161.